The number of carboxylic acid groups (broad SMARTS) is 3. The molecular weight excluding hydrogens is 470 g/mol. The molecule has 0 aliphatic rings. The van der Waals surface area contributed by atoms with Crippen molar-refractivity contribution in [2.45, 2.75) is 135 Å². The second-order valence-corrected chi connectivity index (χ2v) is 10.8. The van der Waals surface area contributed by atoms with Crippen molar-refractivity contribution in [3.8, 4) is 0 Å². The molecule has 0 spiro atoms. The van der Waals surface area contributed by atoms with Gasteiger partial charge in [0.1, 0.15) is 0 Å². The van der Waals surface area contributed by atoms with E-state index in [1.807, 2.05) is 6.08 Å². The lowest BCUT2D eigenvalue weighted by molar-refractivity contribution is -0.907. The van der Waals surface area contributed by atoms with E-state index in [-0.39, 0.29) is 6.54 Å². The molecule has 0 heterocycles. The normalized spacial score (nSPS) is 11.8. The van der Waals surface area contributed by atoms with Crippen molar-refractivity contribution in [2.75, 3.05) is 26.2 Å². The number of unbranched alkanes of at least 4 members (excludes halogenated alkanes) is 18. The van der Waals surface area contributed by atoms with Gasteiger partial charge in [-0.05, 0) is 19.3 Å². The molecule has 3 N–H and O–H groups in total. The van der Waals surface area contributed by atoms with Gasteiger partial charge in [0.25, 0.3) is 0 Å². The standard InChI is InChI=1S/C30H55NO6/c1-2-3-4-5-6-7-8-9-10-11-12-13-14-15-16-17-18-19-20-21-22-23-24-31(25-28(32)33,26-29(34)35)27-30(36)37/h20-21H,2-19,22-27H2,1H3,(H2-,32,33,34,35,36,37)/p+1/b21-20+. The number of quaternary nitrogens is 1. The number of nitrogens with zero attached hydrogens (tertiary/aromatic N) is 1. The Kier molecular flexibility index (Phi) is 23.2. The lowest BCUT2D eigenvalue weighted by atomic mass is 10.0. The fourth-order valence-electron chi connectivity index (χ4n) is 5.03. The van der Waals surface area contributed by atoms with E-state index in [1.54, 1.807) is 0 Å². The first-order valence-corrected chi connectivity index (χ1v) is 15.0. The quantitative estimate of drug-likeness (QED) is 0.0555. The van der Waals surface area contributed by atoms with Gasteiger partial charge in [-0.1, -0.05) is 122 Å². The molecule has 7 nitrogen and oxygen atoms in total. The summed E-state index contributed by atoms with van der Waals surface area (Å²) in [6.07, 6.45) is 29.6. The van der Waals surface area contributed by atoms with Crippen LogP contribution in [0.5, 0.6) is 0 Å². The molecule has 216 valence electrons. The fraction of sp³-hybridized carbons (Fsp3) is 0.833. The number of rotatable bonds is 28. The molecule has 37 heavy (non-hydrogen) atoms. The van der Waals surface area contributed by atoms with Crippen molar-refractivity contribution in [3.05, 3.63) is 12.2 Å². The van der Waals surface area contributed by atoms with Gasteiger partial charge in [-0.15, -0.1) is 0 Å². The molecule has 0 aliphatic carbocycles. The molecule has 0 bridgehead atoms. The summed E-state index contributed by atoms with van der Waals surface area (Å²) in [6, 6.07) is 0. The Morgan fingerprint density at radius 2 is 0.784 bits per heavy atom. The van der Waals surface area contributed by atoms with Crippen LogP contribution in [-0.2, 0) is 14.4 Å². The number of carboxylic acids is 3. The van der Waals surface area contributed by atoms with E-state index >= 15 is 0 Å². The predicted octanol–water partition coefficient (Wildman–Crippen LogP) is 7.44. The number of aliphatic carboxylic acids is 3. The molecule has 0 atom stereocenters. The average Bonchev–Trinajstić information content (AvgIpc) is 2.81. The summed E-state index contributed by atoms with van der Waals surface area (Å²) in [5, 5.41) is 27.4. The lowest BCUT2D eigenvalue weighted by Gasteiger charge is -2.34. The van der Waals surface area contributed by atoms with Crippen molar-refractivity contribution in [1.29, 1.82) is 0 Å². The molecule has 0 saturated heterocycles. The van der Waals surface area contributed by atoms with E-state index in [4.69, 9.17) is 15.3 Å². The molecule has 0 rings (SSSR count). The average molecular weight is 527 g/mol. The van der Waals surface area contributed by atoms with Gasteiger partial charge < -0.3 is 15.3 Å². The number of hydrogen-bond donors (Lipinski definition) is 3. The van der Waals surface area contributed by atoms with Crippen molar-refractivity contribution >= 4 is 17.9 Å². The number of carbonyl (C=O) groups is 3. The highest BCUT2D eigenvalue weighted by Gasteiger charge is 2.35. The molecule has 0 fully saturated rings. The first-order valence-electron chi connectivity index (χ1n) is 15.0. The number of hydrogen-bond acceptors (Lipinski definition) is 3. The smallest absolute Gasteiger partial charge is 0.359 e. The third-order valence-electron chi connectivity index (χ3n) is 7.06. The van der Waals surface area contributed by atoms with Gasteiger partial charge in [0.05, 0.1) is 6.54 Å². The maximum absolute atomic E-state index is 11.2. The Morgan fingerprint density at radius 3 is 1.11 bits per heavy atom. The molecule has 0 amide bonds. The van der Waals surface area contributed by atoms with Gasteiger partial charge in [-0.25, -0.2) is 14.4 Å². The van der Waals surface area contributed by atoms with Crippen molar-refractivity contribution in [3.63, 3.8) is 0 Å². The minimum Gasteiger partial charge on any atom is -0.477 e. The van der Waals surface area contributed by atoms with E-state index in [9.17, 15) is 14.4 Å². The van der Waals surface area contributed by atoms with Crippen LogP contribution in [0.25, 0.3) is 0 Å². The zero-order chi connectivity index (χ0) is 27.6. The fourth-order valence-corrected chi connectivity index (χ4v) is 5.03. The molecule has 0 unspecified atom stereocenters. The highest BCUT2D eigenvalue weighted by molar-refractivity contribution is 5.73. The summed E-state index contributed by atoms with van der Waals surface area (Å²) in [4.78, 5) is 33.6. The molecule has 0 aliphatic heterocycles. The van der Waals surface area contributed by atoms with Gasteiger partial charge in [0.2, 0.25) is 0 Å². The highest BCUT2D eigenvalue weighted by Crippen LogP contribution is 2.15. The van der Waals surface area contributed by atoms with Gasteiger partial charge >= 0.3 is 17.9 Å². The Bertz CT molecular complexity index is 578. The van der Waals surface area contributed by atoms with Gasteiger partial charge in [-0.2, -0.15) is 0 Å². The molecule has 0 aromatic rings. The Hall–Kier alpha value is -1.89. The van der Waals surface area contributed by atoms with Gasteiger partial charge in [0.15, 0.2) is 19.6 Å². The Labute approximate surface area is 225 Å². The molecule has 0 aromatic carbocycles. The lowest BCUT2D eigenvalue weighted by Crippen LogP contribution is -2.57. The van der Waals surface area contributed by atoms with E-state index in [1.165, 1.54) is 103 Å². The SMILES string of the molecule is CCCCCCCCCCCCCCCCCCC/C=C/CCC[N+](CC(=O)O)(CC(=O)O)CC(=O)O. The molecular formula is C30H56NO6+. The summed E-state index contributed by atoms with van der Waals surface area (Å²) >= 11 is 0. The van der Waals surface area contributed by atoms with E-state index < -0.39 is 42.0 Å². The summed E-state index contributed by atoms with van der Waals surface area (Å²) in [7, 11) is 0. The van der Waals surface area contributed by atoms with E-state index in [0.717, 1.165) is 12.8 Å². The summed E-state index contributed by atoms with van der Waals surface area (Å²) < 4.78 is -0.465. The summed E-state index contributed by atoms with van der Waals surface area (Å²) in [6.45, 7) is 0.991. The third-order valence-corrected chi connectivity index (χ3v) is 7.06. The van der Waals surface area contributed by atoms with Crippen LogP contribution in [0.1, 0.15) is 135 Å². The van der Waals surface area contributed by atoms with Crippen molar-refractivity contribution in [2.24, 2.45) is 0 Å². The second-order valence-electron chi connectivity index (χ2n) is 10.8. The topological polar surface area (TPSA) is 112 Å². The minimum atomic E-state index is -1.18. The van der Waals surface area contributed by atoms with E-state index in [0.29, 0.717) is 12.8 Å². The van der Waals surface area contributed by atoms with Crippen LogP contribution in [0.2, 0.25) is 0 Å². The van der Waals surface area contributed by atoms with Crippen LogP contribution in [0.4, 0.5) is 0 Å². The molecule has 7 heteroatoms. The molecule has 0 radical (unpaired) electrons. The van der Waals surface area contributed by atoms with Crippen LogP contribution in [0.15, 0.2) is 12.2 Å². The predicted molar refractivity (Wildman–Crippen MR) is 150 cm³/mol. The minimum absolute atomic E-state index is 0.217. The molecule has 0 aromatic heterocycles. The maximum Gasteiger partial charge on any atom is 0.359 e. The van der Waals surface area contributed by atoms with Crippen molar-refractivity contribution in [1.82, 2.24) is 0 Å². The Morgan fingerprint density at radius 1 is 0.486 bits per heavy atom. The van der Waals surface area contributed by atoms with Crippen LogP contribution in [0.3, 0.4) is 0 Å². The van der Waals surface area contributed by atoms with Crippen LogP contribution >= 0.6 is 0 Å². The Balaban J connectivity index is 3.69. The summed E-state index contributed by atoms with van der Waals surface area (Å²) in [5.74, 6) is -3.55. The summed E-state index contributed by atoms with van der Waals surface area (Å²) in [5.41, 5.74) is 0. The zero-order valence-corrected chi connectivity index (χ0v) is 23.6. The third kappa shape index (κ3) is 24.2. The first kappa shape index (κ1) is 35.1. The van der Waals surface area contributed by atoms with Crippen molar-refractivity contribution < 1.29 is 34.2 Å². The van der Waals surface area contributed by atoms with Gasteiger partial charge in [0, 0.05) is 6.42 Å². The van der Waals surface area contributed by atoms with E-state index in [2.05, 4.69) is 13.0 Å². The zero-order valence-electron chi connectivity index (χ0n) is 23.6. The van der Waals surface area contributed by atoms with Gasteiger partial charge in [-0.3, -0.25) is 4.48 Å². The maximum atomic E-state index is 11.2. The molecule has 0 saturated carbocycles. The van der Waals surface area contributed by atoms with Crippen LogP contribution < -0.4 is 0 Å². The van der Waals surface area contributed by atoms with Crippen LogP contribution in [-0.4, -0.2) is 63.9 Å². The first-order chi connectivity index (χ1) is 17.8. The largest absolute Gasteiger partial charge is 0.477 e. The number of allylic oxidation sites excluding steroid dienone is 2. The second kappa shape index (κ2) is 24.4. The highest BCUT2D eigenvalue weighted by atomic mass is 16.4. The van der Waals surface area contributed by atoms with Crippen LogP contribution in [0, 0.1) is 0 Å². The monoisotopic (exact) mass is 526 g/mol.